The fourth-order valence-corrected chi connectivity index (χ4v) is 3.06. The van der Waals surface area contributed by atoms with E-state index in [1.165, 1.54) is 0 Å². The zero-order chi connectivity index (χ0) is 15.7. The fourth-order valence-electron chi connectivity index (χ4n) is 2.11. The molecule has 0 aliphatic heterocycles. The number of hydrogen-bond acceptors (Lipinski definition) is 4. The summed E-state index contributed by atoms with van der Waals surface area (Å²) in [7, 11) is 0. The highest BCUT2D eigenvalue weighted by atomic mass is 35.5. The molecule has 5 heteroatoms. The van der Waals surface area contributed by atoms with Gasteiger partial charge in [0.1, 0.15) is 18.5 Å². The van der Waals surface area contributed by atoms with Crippen molar-refractivity contribution in [3.63, 3.8) is 0 Å². The van der Waals surface area contributed by atoms with Gasteiger partial charge in [-0.05, 0) is 43.4 Å². The first kappa shape index (κ1) is 18.6. The maximum Gasteiger partial charge on any atom is 0.119 e. The highest BCUT2D eigenvalue weighted by molar-refractivity contribution is 8.00. The maximum atomic E-state index is 9.96. The fraction of sp³-hybridized carbons (Fsp3) is 0.625. The summed E-state index contributed by atoms with van der Waals surface area (Å²) >= 11 is 7.70. The Morgan fingerprint density at radius 1 is 1.29 bits per heavy atom. The van der Waals surface area contributed by atoms with Crippen LogP contribution in [0.3, 0.4) is 0 Å². The second-order valence-electron chi connectivity index (χ2n) is 5.14. The second kappa shape index (κ2) is 9.57. The summed E-state index contributed by atoms with van der Waals surface area (Å²) in [4.78, 5) is 0. The Balaban J connectivity index is 2.27. The van der Waals surface area contributed by atoms with Gasteiger partial charge in [-0.15, -0.1) is 0 Å². The number of benzene rings is 1. The summed E-state index contributed by atoms with van der Waals surface area (Å²) < 4.78 is 5.79. The van der Waals surface area contributed by atoms with Gasteiger partial charge in [-0.1, -0.05) is 25.4 Å². The van der Waals surface area contributed by atoms with Crippen LogP contribution in [0.4, 0.5) is 0 Å². The van der Waals surface area contributed by atoms with Crippen LogP contribution >= 0.6 is 23.4 Å². The zero-order valence-corrected chi connectivity index (χ0v) is 14.6. The molecule has 0 amide bonds. The molecule has 0 saturated heterocycles. The molecule has 0 radical (unpaired) electrons. The van der Waals surface area contributed by atoms with Crippen LogP contribution in [0.5, 0.6) is 5.75 Å². The van der Waals surface area contributed by atoms with Crippen molar-refractivity contribution < 1.29 is 9.84 Å². The summed E-state index contributed by atoms with van der Waals surface area (Å²) in [5, 5.41) is 14.0. The number of rotatable bonds is 10. The van der Waals surface area contributed by atoms with Gasteiger partial charge in [-0.2, -0.15) is 11.8 Å². The van der Waals surface area contributed by atoms with Crippen LogP contribution in [-0.4, -0.2) is 41.9 Å². The van der Waals surface area contributed by atoms with Gasteiger partial charge in [0.25, 0.3) is 0 Å². The summed E-state index contributed by atoms with van der Waals surface area (Å²) in [6, 6.07) is 7.15. The van der Waals surface area contributed by atoms with Crippen LogP contribution in [0.15, 0.2) is 24.3 Å². The molecule has 0 aromatic heterocycles. The molecule has 0 aliphatic carbocycles. The van der Waals surface area contributed by atoms with E-state index in [0.717, 1.165) is 25.1 Å². The van der Waals surface area contributed by atoms with Crippen molar-refractivity contribution in [1.82, 2.24) is 5.32 Å². The lowest BCUT2D eigenvalue weighted by Gasteiger charge is -2.30. The van der Waals surface area contributed by atoms with Crippen molar-refractivity contribution >= 4 is 23.4 Å². The van der Waals surface area contributed by atoms with E-state index in [9.17, 15) is 5.11 Å². The number of hydrogen-bond donors (Lipinski definition) is 2. The lowest BCUT2D eigenvalue weighted by molar-refractivity contribution is 0.106. The molecule has 0 saturated carbocycles. The number of nitrogens with one attached hydrogen (secondary N) is 1. The van der Waals surface area contributed by atoms with E-state index < -0.39 is 6.10 Å². The third kappa shape index (κ3) is 6.47. The third-order valence-electron chi connectivity index (χ3n) is 3.80. The lowest BCUT2D eigenvalue weighted by atomic mass is 10.0. The molecule has 0 bridgehead atoms. The average molecular weight is 332 g/mol. The van der Waals surface area contributed by atoms with Crippen LogP contribution in [0.2, 0.25) is 5.02 Å². The summed E-state index contributed by atoms with van der Waals surface area (Å²) in [6.45, 7) is 6.14. The van der Waals surface area contributed by atoms with Crippen molar-refractivity contribution in [2.75, 3.05) is 26.0 Å². The van der Waals surface area contributed by atoms with Gasteiger partial charge in [0.15, 0.2) is 0 Å². The number of aliphatic hydroxyl groups excluding tert-OH is 1. The molecule has 0 heterocycles. The van der Waals surface area contributed by atoms with Gasteiger partial charge in [0, 0.05) is 22.9 Å². The van der Waals surface area contributed by atoms with Gasteiger partial charge >= 0.3 is 0 Å². The Morgan fingerprint density at radius 3 is 2.43 bits per heavy atom. The predicted molar refractivity (Wildman–Crippen MR) is 92.7 cm³/mol. The molecule has 0 aliphatic rings. The topological polar surface area (TPSA) is 41.5 Å². The molecule has 2 N–H and O–H groups in total. The van der Waals surface area contributed by atoms with Crippen LogP contribution in [0, 0.1) is 0 Å². The smallest absolute Gasteiger partial charge is 0.119 e. The third-order valence-corrected chi connectivity index (χ3v) is 5.64. The predicted octanol–water partition coefficient (Wildman–Crippen LogP) is 3.59. The van der Waals surface area contributed by atoms with Crippen molar-refractivity contribution in [3.05, 3.63) is 29.3 Å². The summed E-state index contributed by atoms with van der Waals surface area (Å²) in [6.07, 6.45) is 3.87. The highest BCUT2D eigenvalue weighted by Crippen LogP contribution is 2.29. The van der Waals surface area contributed by atoms with Crippen molar-refractivity contribution in [3.8, 4) is 5.75 Å². The monoisotopic (exact) mass is 331 g/mol. The van der Waals surface area contributed by atoms with Crippen molar-refractivity contribution in [2.24, 2.45) is 0 Å². The van der Waals surface area contributed by atoms with Gasteiger partial charge in [-0.25, -0.2) is 0 Å². The molecule has 0 spiro atoms. The largest absolute Gasteiger partial charge is 0.491 e. The minimum absolute atomic E-state index is 0.261. The van der Waals surface area contributed by atoms with Crippen LogP contribution in [0.1, 0.15) is 26.7 Å². The van der Waals surface area contributed by atoms with E-state index in [2.05, 4.69) is 25.4 Å². The Bertz CT molecular complexity index is 388. The summed E-state index contributed by atoms with van der Waals surface area (Å²) in [5.74, 6) is 0.721. The first-order valence-corrected chi connectivity index (χ1v) is 8.97. The lowest BCUT2D eigenvalue weighted by Crippen LogP contribution is -2.41. The first-order valence-electron chi connectivity index (χ1n) is 7.37. The van der Waals surface area contributed by atoms with Crippen molar-refractivity contribution in [2.45, 2.75) is 37.5 Å². The Kier molecular flexibility index (Phi) is 8.49. The molecular formula is C16H26ClNO2S. The molecule has 0 fully saturated rings. The van der Waals surface area contributed by atoms with E-state index in [-0.39, 0.29) is 11.4 Å². The average Bonchev–Trinajstić information content (AvgIpc) is 2.51. The SMILES string of the molecule is CCC(CC)(CNCC(O)COc1ccc(Cl)cc1)SC. The Labute approximate surface area is 137 Å². The van der Waals surface area contributed by atoms with Crippen LogP contribution in [0.25, 0.3) is 0 Å². The van der Waals surface area contributed by atoms with Gasteiger partial charge < -0.3 is 15.2 Å². The highest BCUT2D eigenvalue weighted by Gasteiger charge is 2.24. The van der Waals surface area contributed by atoms with Gasteiger partial charge in [0.2, 0.25) is 0 Å². The molecule has 120 valence electrons. The van der Waals surface area contributed by atoms with Gasteiger partial charge in [0.05, 0.1) is 0 Å². The maximum absolute atomic E-state index is 9.96. The number of halogens is 1. The zero-order valence-electron chi connectivity index (χ0n) is 13.1. The van der Waals surface area contributed by atoms with Gasteiger partial charge in [-0.3, -0.25) is 0 Å². The molecule has 1 unspecified atom stereocenters. The normalized spacial score (nSPS) is 13.2. The minimum Gasteiger partial charge on any atom is -0.491 e. The number of thioether (sulfide) groups is 1. The molecule has 1 aromatic rings. The minimum atomic E-state index is -0.519. The first-order chi connectivity index (χ1) is 10.0. The second-order valence-corrected chi connectivity index (χ2v) is 6.85. The number of ether oxygens (including phenoxy) is 1. The van der Waals surface area contributed by atoms with Crippen LogP contribution in [-0.2, 0) is 0 Å². The Hall–Kier alpha value is -0.420. The summed E-state index contributed by atoms with van der Waals surface area (Å²) in [5.41, 5.74) is 0. The van der Waals surface area contributed by atoms with E-state index >= 15 is 0 Å². The van der Waals surface area contributed by atoms with E-state index in [4.69, 9.17) is 16.3 Å². The molecule has 1 rings (SSSR count). The van der Waals surface area contributed by atoms with E-state index in [1.807, 2.05) is 11.8 Å². The molecule has 1 aromatic carbocycles. The van der Waals surface area contributed by atoms with E-state index in [1.54, 1.807) is 24.3 Å². The standard InChI is InChI=1S/C16H26ClNO2S/c1-4-16(5-2,21-3)12-18-10-14(19)11-20-15-8-6-13(17)7-9-15/h6-9,14,18-19H,4-5,10-12H2,1-3H3. The Morgan fingerprint density at radius 2 is 1.90 bits per heavy atom. The molecule has 21 heavy (non-hydrogen) atoms. The van der Waals surface area contributed by atoms with E-state index in [0.29, 0.717) is 11.6 Å². The number of aliphatic hydroxyl groups is 1. The van der Waals surface area contributed by atoms with Crippen molar-refractivity contribution in [1.29, 1.82) is 0 Å². The molecule has 1 atom stereocenters. The quantitative estimate of drug-likeness (QED) is 0.687. The molecular weight excluding hydrogens is 306 g/mol. The molecule has 3 nitrogen and oxygen atoms in total. The van der Waals surface area contributed by atoms with Crippen LogP contribution < -0.4 is 10.1 Å².